The number of nitrogens with one attached hydrogen (secondary N) is 1. The summed E-state index contributed by atoms with van der Waals surface area (Å²) in [6.45, 7) is 0.0125. The average molecular weight is 358 g/mol. The molecule has 25 heavy (non-hydrogen) atoms. The molecule has 6 heteroatoms. The Labute approximate surface area is 149 Å². The van der Waals surface area contributed by atoms with Gasteiger partial charge < -0.3 is 14.8 Å². The van der Waals surface area contributed by atoms with Gasteiger partial charge in [-0.3, -0.25) is 9.59 Å². The molecule has 0 spiro atoms. The fourth-order valence-electron chi connectivity index (χ4n) is 2.74. The third kappa shape index (κ3) is 3.90. The molecule has 3 rings (SSSR count). The third-order valence-corrected chi connectivity index (χ3v) is 4.18. The number of hydrogen-bond acceptors (Lipinski definition) is 3. The first kappa shape index (κ1) is 17.2. The van der Waals surface area contributed by atoms with E-state index in [4.69, 9.17) is 21.4 Å². The van der Waals surface area contributed by atoms with Crippen molar-refractivity contribution < 1.29 is 19.4 Å². The van der Waals surface area contributed by atoms with E-state index in [0.717, 1.165) is 10.9 Å². The number of rotatable bonds is 7. The molecule has 3 aromatic rings. The van der Waals surface area contributed by atoms with Crippen molar-refractivity contribution in [3.05, 3.63) is 70.4 Å². The normalized spacial score (nSPS) is 10.9. The Morgan fingerprint density at radius 1 is 1.08 bits per heavy atom. The molecule has 0 atom stereocenters. The maximum absolute atomic E-state index is 12.1. The van der Waals surface area contributed by atoms with Gasteiger partial charge in [0.05, 0.1) is 18.1 Å². The molecule has 0 aliphatic carbocycles. The van der Waals surface area contributed by atoms with Gasteiger partial charge in [-0.05, 0) is 12.1 Å². The number of carbonyl (C=O) groups excluding carboxylic acids is 1. The number of hydrogen-bond donors (Lipinski definition) is 2. The lowest BCUT2D eigenvalue weighted by molar-refractivity contribution is -0.136. The minimum Gasteiger partial charge on any atom is -0.481 e. The molecule has 0 saturated heterocycles. The number of carboxylic acids is 1. The van der Waals surface area contributed by atoms with Crippen LogP contribution in [-0.2, 0) is 22.6 Å². The van der Waals surface area contributed by atoms with Gasteiger partial charge >= 0.3 is 5.97 Å². The molecule has 2 aromatic carbocycles. The number of H-pyrrole nitrogens is 1. The number of Topliss-reactive ketones (excluding diaryl/α,β-unsaturated/α-hetero) is 1. The largest absolute Gasteiger partial charge is 0.481 e. The first-order chi connectivity index (χ1) is 12.1. The summed E-state index contributed by atoms with van der Waals surface area (Å²) in [4.78, 5) is 26.3. The van der Waals surface area contributed by atoms with Crippen LogP contribution in [0.3, 0.4) is 0 Å². The van der Waals surface area contributed by atoms with Gasteiger partial charge in [0.2, 0.25) is 0 Å². The highest BCUT2D eigenvalue weighted by molar-refractivity contribution is 6.35. The molecule has 0 radical (unpaired) electrons. The quantitative estimate of drug-likeness (QED) is 0.629. The summed E-state index contributed by atoms with van der Waals surface area (Å²) in [5, 5.41) is 10.3. The highest BCUT2D eigenvalue weighted by Crippen LogP contribution is 2.30. The zero-order valence-corrected chi connectivity index (χ0v) is 14.0. The van der Waals surface area contributed by atoms with Crippen LogP contribution >= 0.6 is 11.6 Å². The summed E-state index contributed by atoms with van der Waals surface area (Å²) in [5.41, 5.74) is 2.52. The number of ketones is 1. The number of fused-ring (bicyclic) bond motifs is 1. The Bertz CT molecular complexity index is 918. The van der Waals surface area contributed by atoms with E-state index in [1.54, 1.807) is 36.4 Å². The van der Waals surface area contributed by atoms with Crippen molar-refractivity contribution in [1.29, 1.82) is 0 Å². The summed E-state index contributed by atoms with van der Waals surface area (Å²) < 4.78 is 5.56. The first-order valence-corrected chi connectivity index (χ1v) is 8.10. The molecule has 1 heterocycles. The topological polar surface area (TPSA) is 79.4 Å². The molecule has 2 N–H and O–H groups in total. The van der Waals surface area contributed by atoms with Crippen molar-refractivity contribution in [3.63, 3.8) is 0 Å². The van der Waals surface area contributed by atoms with Gasteiger partial charge in [-0.25, -0.2) is 0 Å². The lowest BCUT2D eigenvalue weighted by Gasteiger charge is -2.06. The summed E-state index contributed by atoms with van der Waals surface area (Å²) in [6.07, 6.45) is -0.170. The number of halogens is 1. The van der Waals surface area contributed by atoms with E-state index < -0.39 is 5.97 Å². The molecule has 5 nitrogen and oxygen atoms in total. The number of aromatic nitrogens is 1. The van der Waals surface area contributed by atoms with Gasteiger partial charge in [0.15, 0.2) is 5.78 Å². The smallest absolute Gasteiger partial charge is 0.309 e. The standard InChI is InChI=1S/C19H16ClNO4/c20-14-7-4-8-15-19(14)13(16(21-15)9-18(23)24)10-25-11-17(22)12-5-2-1-3-6-12/h1-8,21H,9-11H2,(H,23,24). The van der Waals surface area contributed by atoms with E-state index in [2.05, 4.69) is 4.98 Å². The first-order valence-electron chi connectivity index (χ1n) is 7.72. The molecule has 128 valence electrons. The predicted octanol–water partition coefficient (Wildman–Crippen LogP) is 3.85. The van der Waals surface area contributed by atoms with E-state index in [0.29, 0.717) is 21.8 Å². The fraction of sp³-hybridized carbons (Fsp3) is 0.158. The molecular formula is C19H16ClNO4. The van der Waals surface area contributed by atoms with E-state index in [1.165, 1.54) is 0 Å². The number of aliphatic carboxylic acids is 1. The molecular weight excluding hydrogens is 342 g/mol. The molecule has 0 fully saturated rings. The second-order valence-corrected chi connectivity index (χ2v) is 6.00. The molecule has 0 aliphatic heterocycles. The van der Waals surface area contributed by atoms with Crippen molar-refractivity contribution in [2.24, 2.45) is 0 Å². The Hall–Kier alpha value is -2.63. The van der Waals surface area contributed by atoms with Crippen molar-refractivity contribution >= 4 is 34.3 Å². The highest BCUT2D eigenvalue weighted by Gasteiger charge is 2.17. The van der Waals surface area contributed by atoms with Crippen molar-refractivity contribution in [2.45, 2.75) is 13.0 Å². The van der Waals surface area contributed by atoms with Gasteiger partial charge in [-0.1, -0.05) is 48.0 Å². The van der Waals surface area contributed by atoms with Crippen molar-refractivity contribution in [1.82, 2.24) is 4.98 Å². The molecule has 1 aromatic heterocycles. The average Bonchev–Trinajstić information content (AvgIpc) is 2.93. The number of aromatic amines is 1. The maximum atomic E-state index is 12.1. The van der Waals surface area contributed by atoms with Crippen LogP contribution in [0.1, 0.15) is 21.6 Å². The fourth-order valence-corrected chi connectivity index (χ4v) is 3.03. The zero-order chi connectivity index (χ0) is 17.8. The highest BCUT2D eigenvalue weighted by atomic mass is 35.5. The van der Waals surface area contributed by atoms with Crippen LogP contribution in [0, 0.1) is 0 Å². The van der Waals surface area contributed by atoms with Gasteiger partial charge in [-0.15, -0.1) is 0 Å². The van der Waals surface area contributed by atoms with Gasteiger partial charge in [0.25, 0.3) is 0 Å². The number of carbonyl (C=O) groups is 2. The minimum absolute atomic E-state index is 0.0896. The maximum Gasteiger partial charge on any atom is 0.309 e. The van der Waals surface area contributed by atoms with Crippen LogP contribution in [0.25, 0.3) is 10.9 Å². The Morgan fingerprint density at radius 2 is 1.84 bits per heavy atom. The van der Waals surface area contributed by atoms with Crippen LogP contribution in [0.4, 0.5) is 0 Å². The molecule has 0 amide bonds. The predicted molar refractivity (Wildman–Crippen MR) is 95.1 cm³/mol. The Morgan fingerprint density at radius 3 is 2.56 bits per heavy atom. The van der Waals surface area contributed by atoms with E-state index in [9.17, 15) is 9.59 Å². The van der Waals surface area contributed by atoms with Gasteiger partial charge in [0.1, 0.15) is 6.61 Å². The summed E-state index contributed by atoms with van der Waals surface area (Å²) >= 11 is 6.26. The lowest BCUT2D eigenvalue weighted by Crippen LogP contribution is -2.10. The van der Waals surface area contributed by atoms with Crippen LogP contribution < -0.4 is 0 Å². The Balaban J connectivity index is 1.80. The van der Waals surface area contributed by atoms with Gasteiger partial charge in [-0.2, -0.15) is 0 Å². The van der Waals surface area contributed by atoms with Gasteiger partial charge in [0, 0.05) is 27.7 Å². The third-order valence-electron chi connectivity index (χ3n) is 3.87. The molecule has 0 saturated carbocycles. The van der Waals surface area contributed by atoms with E-state index in [-0.39, 0.29) is 25.4 Å². The second kappa shape index (κ2) is 7.51. The lowest BCUT2D eigenvalue weighted by atomic mass is 10.1. The minimum atomic E-state index is -0.954. The van der Waals surface area contributed by atoms with Crippen molar-refractivity contribution in [2.75, 3.05) is 6.61 Å². The molecule has 0 bridgehead atoms. The van der Waals surface area contributed by atoms with Crippen LogP contribution in [0.2, 0.25) is 5.02 Å². The second-order valence-electron chi connectivity index (χ2n) is 5.60. The summed E-state index contributed by atoms with van der Waals surface area (Å²) in [7, 11) is 0. The molecule has 0 aliphatic rings. The Kier molecular flexibility index (Phi) is 5.16. The van der Waals surface area contributed by atoms with E-state index in [1.807, 2.05) is 12.1 Å². The summed E-state index contributed by atoms with van der Waals surface area (Å²) in [5.74, 6) is -1.09. The van der Waals surface area contributed by atoms with Crippen molar-refractivity contribution in [3.8, 4) is 0 Å². The van der Waals surface area contributed by atoms with Crippen LogP contribution in [0.5, 0.6) is 0 Å². The van der Waals surface area contributed by atoms with E-state index >= 15 is 0 Å². The number of carboxylic acid groups (broad SMARTS) is 1. The number of benzene rings is 2. The SMILES string of the molecule is O=C(O)Cc1[nH]c2cccc(Cl)c2c1COCC(=O)c1ccccc1. The number of ether oxygens (including phenoxy) is 1. The monoisotopic (exact) mass is 357 g/mol. The molecule has 0 unspecified atom stereocenters. The summed E-state index contributed by atoms with van der Waals surface area (Å²) in [6, 6.07) is 14.2. The van der Waals surface area contributed by atoms with Crippen LogP contribution in [-0.4, -0.2) is 28.4 Å². The van der Waals surface area contributed by atoms with Crippen LogP contribution in [0.15, 0.2) is 48.5 Å². The zero-order valence-electron chi connectivity index (χ0n) is 13.3.